The van der Waals surface area contributed by atoms with Crippen LogP contribution in [0.5, 0.6) is 0 Å². The molecular weight excluding hydrogens is 404 g/mol. The maximum Gasteiger partial charge on any atom is 0.342 e. The van der Waals surface area contributed by atoms with E-state index in [9.17, 15) is 14.4 Å². The van der Waals surface area contributed by atoms with Gasteiger partial charge in [-0.15, -0.1) is 0 Å². The standard InChI is InChI=1S/C23H26O8/c1-21-8-13(24)17-15(12(21)4-5-23(21)29-6-7-30-23)18(25)19-16-11(9-28-19)20(26)31-14(10-27-3)22(16,17)2/h9,12,14-15,17H,4-8,10H2,1-3H3/t12-,14+,15?,17?,21?,22?/m0/s1. The van der Waals surface area contributed by atoms with E-state index >= 15 is 0 Å². The minimum Gasteiger partial charge on any atom is -0.460 e. The van der Waals surface area contributed by atoms with Gasteiger partial charge in [-0.25, -0.2) is 4.79 Å². The highest BCUT2D eigenvalue weighted by atomic mass is 16.7. The number of methoxy groups -OCH3 is 1. The topological polar surface area (TPSA) is 101 Å². The lowest BCUT2D eigenvalue weighted by Gasteiger charge is -2.56. The van der Waals surface area contributed by atoms with Crippen molar-refractivity contribution in [3.63, 3.8) is 0 Å². The van der Waals surface area contributed by atoms with E-state index in [2.05, 4.69) is 0 Å². The monoisotopic (exact) mass is 430 g/mol. The average Bonchev–Trinajstić information content (AvgIpc) is 3.44. The van der Waals surface area contributed by atoms with Crippen molar-refractivity contribution in [3.05, 3.63) is 23.2 Å². The van der Waals surface area contributed by atoms with Crippen LogP contribution in [0, 0.1) is 23.2 Å². The van der Waals surface area contributed by atoms with E-state index in [-0.39, 0.29) is 41.8 Å². The van der Waals surface area contributed by atoms with Crippen LogP contribution in [0.2, 0.25) is 0 Å². The van der Waals surface area contributed by atoms with Crippen molar-refractivity contribution in [2.75, 3.05) is 26.9 Å². The zero-order valence-corrected chi connectivity index (χ0v) is 17.9. The van der Waals surface area contributed by atoms with Crippen LogP contribution in [0.4, 0.5) is 0 Å². The van der Waals surface area contributed by atoms with E-state index in [1.165, 1.54) is 13.4 Å². The van der Waals surface area contributed by atoms with Crippen LogP contribution in [0.3, 0.4) is 0 Å². The normalized spacial score (nSPS) is 42.4. The Morgan fingerprint density at radius 3 is 2.61 bits per heavy atom. The van der Waals surface area contributed by atoms with Crippen LogP contribution in [-0.2, 0) is 29.2 Å². The fourth-order valence-corrected chi connectivity index (χ4v) is 7.51. The van der Waals surface area contributed by atoms with Crippen LogP contribution >= 0.6 is 0 Å². The Morgan fingerprint density at radius 1 is 1.16 bits per heavy atom. The third kappa shape index (κ3) is 2.09. The van der Waals surface area contributed by atoms with Crippen molar-refractivity contribution in [3.8, 4) is 0 Å². The number of cyclic esters (lactones) is 1. The Labute approximate surface area is 179 Å². The minimum atomic E-state index is -0.897. The maximum atomic E-state index is 13.9. The number of ketones is 2. The van der Waals surface area contributed by atoms with Crippen molar-refractivity contribution in [1.29, 1.82) is 0 Å². The predicted octanol–water partition coefficient (Wildman–Crippen LogP) is 2.28. The second-order valence-corrected chi connectivity index (χ2v) is 10.0. The lowest BCUT2D eigenvalue weighted by Crippen LogP contribution is -2.65. The Bertz CT molecular complexity index is 1000. The van der Waals surface area contributed by atoms with Gasteiger partial charge in [0.15, 0.2) is 11.5 Å². The number of Topliss-reactive ketones (excluding diaryl/α,β-unsaturated/α-hetero) is 2. The largest absolute Gasteiger partial charge is 0.460 e. The first-order valence-corrected chi connectivity index (χ1v) is 11.0. The molecule has 31 heavy (non-hydrogen) atoms. The molecule has 0 amide bonds. The van der Waals surface area contributed by atoms with Crippen molar-refractivity contribution in [1.82, 2.24) is 0 Å². The van der Waals surface area contributed by atoms with Gasteiger partial charge in [0.25, 0.3) is 0 Å². The van der Waals surface area contributed by atoms with E-state index in [1.54, 1.807) is 0 Å². The molecule has 2 aliphatic heterocycles. The number of ether oxygens (including phenoxy) is 4. The van der Waals surface area contributed by atoms with Gasteiger partial charge in [-0.2, -0.15) is 0 Å². The summed E-state index contributed by atoms with van der Waals surface area (Å²) in [4.78, 5) is 40.2. The molecule has 2 saturated carbocycles. The first-order valence-electron chi connectivity index (χ1n) is 11.0. The molecule has 0 N–H and O–H groups in total. The van der Waals surface area contributed by atoms with Gasteiger partial charge in [0.1, 0.15) is 23.7 Å². The highest BCUT2D eigenvalue weighted by Gasteiger charge is 2.73. The van der Waals surface area contributed by atoms with Gasteiger partial charge in [-0.05, 0) is 12.3 Å². The second-order valence-electron chi connectivity index (χ2n) is 10.0. The van der Waals surface area contributed by atoms with Crippen LogP contribution in [0.15, 0.2) is 10.7 Å². The quantitative estimate of drug-likeness (QED) is 0.659. The summed E-state index contributed by atoms with van der Waals surface area (Å²) in [6.07, 6.45) is 2.26. The summed E-state index contributed by atoms with van der Waals surface area (Å²) < 4.78 is 28.9. The zero-order chi connectivity index (χ0) is 21.8. The van der Waals surface area contributed by atoms with Gasteiger partial charge in [0, 0.05) is 48.2 Å². The molecule has 0 radical (unpaired) electrons. The van der Waals surface area contributed by atoms with Gasteiger partial charge in [-0.1, -0.05) is 13.8 Å². The second kappa shape index (κ2) is 6.05. The first kappa shape index (κ1) is 19.6. The van der Waals surface area contributed by atoms with E-state index in [0.717, 1.165) is 6.42 Å². The molecule has 8 heteroatoms. The Kier molecular flexibility index (Phi) is 3.84. The fourth-order valence-electron chi connectivity index (χ4n) is 7.51. The molecule has 1 saturated heterocycles. The summed E-state index contributed by atoms with van der Waals surface area (Å²) in [7, 11) is 1.53. The van der Waals surface area contributed by atoms with Gasteiger partial charge >= 0.3 is 5.97 Å². The molecule has 166 valence electrons. The maximum absolute atomic E-state index is 13.9. The summed E-state index contributed by atoms with van der Waals surface area (Å²) in [5, 5.41) is 0. The van der Waals surface area contributed by atoms with E-state index in [1.807, 2.05) is 13.8 Å². The van der Waals surface area contributed by atoms with Crippen molar-refractivity contribution >= 4 is 17.5 Å². The molecule has 3 heterocycles. The van der Waals surface area contributed by atoms with Crippen molar-refractivity contribution in [2.45, 2.75) is 50.4 Å². The van der Waals surface area contributed by atoms with E-state index in [0.29, 0.717) is 25.2 Å². The number of furan rings is 1. The lowest BCUT2D eigenvalue weighted by atomic mass is 9.47. The lowest BCUT2D eigenvalue weighted by molar-refractivity contribution is -0.236. The number of carbonyl (C=O) groups is 3. The molecule has 0 aromatic carbocycles. The van der Waals surface area contributed by atoms with Gasteiger partial charge in [0.05, 0.1) is 19.8 Å². The SMILES string of the molecule is COC[C@H]1OC(=O)c2coc3c2C1(C)C1C(=O)CC2(C)[C@@H](CCC24OCCO4)C1C3=O. The van der Waals surface area contributed by atoms with Gasteiger partial charge in [0.2, 0.25) is 5.78 Å². The molecule has 8 nitrogen and oxygen atoms in total. The van der Waals surface area contributed by atoms with Gasteiger partial charge < -0.3 is 23.4 Å². The Hall–Kier alpha value is -2.03. The number of hydrogen-bond acceptors (Lipinski definition) is 8. The number of fused-ring (bicyclic) bond motifs is 5. The summed E-state index contributed by atoms with van der Waals surface area (Å²) in [5.74, 6) is -2.69. The number of hydrogen-bond donors (Lipinski definition) is 0. The fraction of sp³-hybridized carbons (Fsp3) is 0.696. The predicted molar refractivity (Wildman–Crippen MR) is 104 cm³/mol. The number of esters is 1. The van der Waals surface area contributed by atoms with E-state index < -0.39 is 40.5 Å². The molecule has 6 rings (SSSR count). The van der Waals surface area contributed by atoms with Crippen molar-refractivity contribution in [2.24, 2.45) is 23.2 Å². The molecule has 1 aromatic rings. The zero-order valence-electron chi connectivity index (χ0n) is 17.9. The highest BCUT2D eigenvalue weighted by molar-refractivity contribution is 6.08. The number of rotatable bonds is 2. The first-order chi connectivity index (χ1) is 14.8. The Balaban J connectivity index is 1.55. The Morgan fingerprint density at radius 2 is 1.90 bits per heavy atom. The molecule has 1 spiro atoms. The van der Waals surface area contributed by atoms with Crippen LogP contribution in [0.25, 0.3) is 0 Å². The third-order valence-electron chi connectivity index (χ3n) is 8.87. The highest BCUT2D eigenvalue weighted by Crippen LogP contribution is 2.67. The number of carbonyl (C=O) groups excluding carboxylic acids is 3. The summed E-state index contributed by atoms with van der Waals surface area (Å²) in [6, 6.07) is 0. The molecule has 1 aromatic heterocycles. The molecule has 0 bridgehead atoms. The van der Waals surface area contributed by atoms with Crippen LogP contribution < -0.4 is 0 Å². The molecule has 3 fully saturated rings. The molecule has 6 atom stereocenters. The summed E-state index contributed by atoms with van der Waals surface area (Å²) >= 11 is 0. The van der Waals surface area contributed by atoms with E-state index in [4.69, 9.17) is 23.4 Å². The van der Waals surface area contributed by atoms with Crippen LogP contribution in [0.1, 0.15) is 59.6 Å². The van der Waals surface area contributed by atoms with Crippen molar-refractivity contribution < 1.29 is 37.7 Å². The third-order valence-corrected chi connectivity index (χ3v) is 8.87. The minimum absolute atomic E-state index is 0.0168. The molecule has 4 unspecified atom stereocenters. The average molecular weight is 430 g/mol. The van der Waals surface area contributed by atoms with Crippen LogP contribution in [-0.4, -0.2) is 56.4 Å². The molecule has 5 aliphatic rings. The molecular formula is C23H26O8. The summed E-state index contributed by atoms with van der Waals surface area (Å²) in [5.41, 5.74) is -0.743. The smallest absolute Gasteiger partial charge is 0.342 e. The molecule has 3 aliphatic carbocycles. The van der Waals surface area contributed by atoms with Gasteiger partial charge in [-0.3, -0.25) is 9.59 Å². The summed E-state index contributed by atoms with van der Waals surface area (Å²) in [6.45, 7) is 5.06.